The highest BCUT2D eigenvalue weighted by Gasteiger charge is 2.27. The zero-order chi connectivity index (χ0) is 24.0. The molecule has 0 aliphatic heterocycles. The van der Waals surface area contributed by atoms with Crippen molar-refractivity contribution in [3.8, 4) is 0 Å². The normalized spacial score (nSPS) is 11.6. The minimum Gasteiger partial charge on any atom is -0.271 e. The number of hydrazone groups is 1. The Hall–Kier alpha value is -4.05. The molecule has 0 aliphatic rings. The molecule has 0 heterocycles. The van der Waals surface area contributed by atoms with Gasteiger partial charge >= 0.3 is 0 Å². The van der Waals surface area contributed by atoms with E-state index < -0.39 is 27.4 Å². The van der Waals surface area contributed by atoms with Crippen molar-refractivity contribution in [1.29, 1.82) is 0 Å². The maximum absolute atomic E-state index is 13.3. The topological polar surface area (TPSA) is 122 Å². The van der Waals surface area contributed by atoms with E-state index in [9.17, 15) is 23.3 Å². The van der Waals surface area contributed by atoms with Crippen molar-refractivity contribution in [3.05, 3.63) is 100 Å². The van der Waals surface area contributed by atoms with Gasteiger partial charge in [-0.2, -0.15) is 5.10 Å². The highest BCUT2D eigenvalue weighted by molar-refractivity contribution is 7.92. The van der Waals surface area contributed by atoms with Gasteiger partial charge in [0.25, 0.3) is 21.6 Å². The molecule has 9 nitrogen and oxygen atoms in total. The largest absolute Gasteiger partial charge is 0.271 e. The second kappa shape index (κ2) is 10.0. The zero-order valence-corrected chi connectivity index (χ0v) is 18.8. The number of anilines is 1. The molecule has 1 amide bonds. The van der Waals surface area contributed by atoms with Gasteiger partial charge < -0.3 is 0 Å². The Morgan fingerprint density at radius 1 is 1.00 bits per heavy atom. The van der Waals surface area contributed by atoms with E-state index in [1.54, 1.807) is 49.4 Å². The molecule has 170 valence electrons. The third kappa shape index (κ3) is 5.80. The summed E-state index contributed by atoms with van der Waals surface area (Å²) in [5.41, 5.74) is 4.53. The van der Waals surface area contributed by atoms with E-state index >= 15 is 0 Å². The molecule has 0 spiro atoms. The summed E-state index contributed by atoms with van der Waals surface area (Å²) in [5, 5.41) is 14.8. The molecule has 10 heteroatoms. The summed E-state index contributed by atoms with van der Waals surface area (Å²) in [6.07, 6.45) is 0. The Bertz CT molecular complexity index is 1270. The van der Waals surface area contributed by atoms with Gasteiger partial charge in [-0.15, -0.1) is 0 Å². The number of sulfonamides is 1. The smallest absolute Gasteiger partial charge is 0.269 e. The first-order valence-corrected chi connectivity index (χ1v) is 11.3. The van der Waals surface area contributed by atoms with E-state index in [1.165, 1.54) is 36.4 Å². The lowest BCUT2D eigenvalue weighted by molar-refractivity contribution is -0.384. The van der Waals surface area contributed by atoms with E-state index in [2.05, 4.69) is 10.5 Å². The maximum Gasteiger partial charge on any atom is 0.269 e. The number of hydrogen-bond acceptors (Lipinski definition) is 6. The van der Waals surface area contributed by atoms with Crippen molar-refractivity contribution in [2.75, 3.05) is 10.8 Å². The van der Waals surface area contributed by atoms with Crippen molar-refractivity contribution in [2.24, 2.45) is 5.10 Å². The van der Waals surface area contributed by atoms with Gasteiger partial charge in [0.15, 0.2) is 0 Å². The Labute approximate surface area is 191 Å². The number of aryl methyl sites for hydroxylation is 1. The number of hydrogen-bond donors (Lipinski definition) is 1. The van der Waals surface area contributed by atoms with E-state index in [-0.39, 0.29) is 10.6 Å². The first-order chi connectivity index (χ1) is 15.7. The van der Waals surface area contributed by atoms with E-state index in [1.807, 2.05) is 6.92 Å². The number of rotatable bonds is 8. The van der Waals surface area contributed by atoms with E-state index in [4.69, 9.17) is 0 Å². The lowest BCUT2D eigenvalue weighted by atomic mass is 10.1. The van der Waals surface area contributed by atoms with Crippen molar-refractivity contribution in [2.45, 2.75) is 18.7 Å². The van der Waals surface area contributed by atoms with Gasteiger partial charge in [0.05, 0.1) is 21.2 Å². The molecule has 0 atom stereocenters. The van der Waals surface area contributed by atoms with E-state index in [0.717, 1.165) is 9.87 Å². The monoisotopic (exact) mass is 466 g/mol. The summed E-state index contributed by atoms with van der Waals surface area (Å²) in [4.78, 5) is 23.0. The summed E-state index contributed by atoms with van der Waals surface area (Å²) in [6.45, 7) is 2.99. The number of carbonyl (C=O) groups excluding carboxylic acids is 1. The van der Waals surface area contributed by atoms with Gasteiger partial charge in [-0.3, -0.25) is 19.2 Å². The van der Waals surface area contributed by atoms with Gasteiger partial charge in [0, 0.05) is 12.1 Å². The fourth-order valence-electron chi connectivity index (χ4n) is 2.95. The van der Waals surface area contributed by atoms with Gasteiger partial charge in [-0.05, 0) is 55.8 Å². The molecule has 0 unspecified atom stereocenters. The van der Waals surface area contributed by atoms with Crippen LogP contribution >= 0.6 is 0 Å². The van der Waals surface area contributed by atoms with Crippen LogP contribution < -0.4 is 9.73 Å². The van der Waals surface area contributed by atoms with Crippen molar-refractivity contribution >= 4 is 33.0 Å². The number of para-hydroxylation sites is 1. The van der Waals surface area contributed by atoms with Crippen LogP contribution in [0.5, 0.6) is 0 Å². The predicted octanol–water partition coefficient (Wildman–Crippen LogP) is 3.64. The van der Waals surface area contributed by atoms with Crippen LogP contribution in [0, 0.1) is 17.0 Å². The van der Waals surface area contributed by atoms with Gasteiger partial charge in [-0.25, -0.2) is 13.8 Å². The Kier molecular flexibility index (Phi) is 7.19. The van der Waals surface area contributed by atoms with Crippen molar-refractivity contribution in [3.63, 3.8) is 0 Å². The number of benzene rings is 3. The molecule has 0 fully saturated rings. The number of nitro groups is 1. The van der Waals surface area contributed by atoms with Gasteiger partial charge in [0.2, 0.25) is 0 Å². The molecular weight excluding hydrogens is 444 g/mol. The standard InChI is InChI=1S/C23H22N4O5S/c1-17-8-14-22(15-9-17)33(31,32)26(20-6-4-3-5-7-20)16-23(28)25-24-18(2)19-10-12-21(13-11-19)27(29)30/h3-15H,16H2,1-2H3,(H,25,28)/b24-18-. The molecule has 3 rings (SSSR count). The SMILES string of the molecule is C/C(=N/NC(=O)CN(c1ccccc1)S(=O)(=O)c1ccc(C)cc1)c1ccc([N+](=O)[O-])cc1. The fraction of sp³-hybridized carbons (Fsp3) is 0.130. The number of amides is 1. The number of nitrogens with one attached hydrogen (secondary N) is 1. The van der Waals surface area contributed by atoms with Crippen LogP contribution in [0.25, 0.3) is 0 Å². The second-order valence-corrected chi connectivity index (χ2v) is 9.06. The minimum absolute atomic E-state index is 0.0598. The lowest BCUT2D eigenvalue weighted by Crippen LogP contribution is -2.39. The number of non-ortho nitro benzene ring substituents is 1. The first-order valence-electron chi connectivity index (χ1n) is 9.91. The fourth-order valence-corrected chi connectivity index (χ4v) is 4.37. The van der Waals surface area contributed by atoms with Crippen LogP contribution in [0.2, 0.25) is 0 Å². The maximum atomic E-state index is 13.3. The number of carbonyl (C=O) groups is 1. The molecule has 0 aromatic heterocycles. The molecule has 0 saturated carbocycles. The van der Waals surface area contributed by atoms with Crippen LogP contribution in [-0.2, 0) is 14.8 Å². The van der Waals surface area contributed by atoms with Gasteiger partial charge in [0.1, 0.15) is 6.54 Å². The highest BCUT2D eigenvalue weighted by Crippen LogP contribution is 2.23. The Balaban J connectivity index is 1.81. The Morgan fingerprint density at radius 2 is 1.61 bits per heavy atom. The van der Waals surface area contributed by atoms with Crippen molar-refractivity contribution in [1.82, 2.24) is 5.43 Å². The third-order valence-electron chi connectivity index (χ3n) is 4.78. The minimum atomic E-state index is -4.01. The van der Waals surface area contributed by atoms with Crippen molar-refractivity contribution < 1.29 is 18.1 Å². The molecule has 0 radical (unpaired) electrons. The summed E-state index contributed by atoms with van der Waals surface area (Å²) in [5.74, 6) is -0.643. The van der Waals surface area contributed by atoms with Crippen LogP contribution in [0.1, 0.15) is 18.1 Å². The third-order valence-corrected chi connectivity index (χ3v) is 6.57. The quantitative estimate of drug-likeness (QED) is 0.309. The summed E-state index contributed by atoms with van der Waals surface area (Å²) >= 11 is 0. The molecular formula is C23H22N4O5S. The molecule has 33 heavy (non-hydrogen) atoms. The molecule has 1 N–H and O–H groups in total. The van der Waals surface area contributed by atoms with E-state index in [0.29, 0.717) is 17.0 Å². The first kappa shape index (κ1) is 23.6. The summed E-state index contributed by atoms with van der Waals surface area (Å²) in [7, 11) is -4.01. The van der Waals surface area contributed by atoms with Crippen LogP contribution in [0.15, 0.2) is 88.9 Å². The van der Waals surface area contributed by atoms with Gasteiger partial charge in [-0.1, -0.05) is 35.9 Å². The molecule has 0 bridgehead atoms. The molecule has 0 aliphatic carbocycles. The Morgan fingerprint density at radius 3 is 2.18 bits per heavy atom. The molecule has 3 aromatic rings. The zero-order valence-electron chi connectivity index (χ0n) is 18.0. The average Bonchev–Trinajstić information content (AvgIpc) is 2.81. The van der Waals surface area contributed by atoms with Crippen LogP contribution in [0.4, 0.5) is 11.4 Å². The predicted molar refractivity (Wildman–Crippen MR) is 126 cm³/mol. The lowest BCUT2D eigenvalue weighted by Gasteiger charge is -2.23. The number of nitro benzene ring substituents is 1. The summed E-state index contributed by atoms with van der Waals surface area (Å²) in [6, 6.07) is 20.4. The summed E-state index contributed by atoms with van der Waals surface area (Å²) < 4.78 is 27.6. The molecule has 0 saturated heterocycles. The average molecular weight is 467 g/mol. The van der Waals surface area contributed by atoms with Crippen LogP contribution in [-0.4, -0.2) is 31.5 Å². The number of nitrogens with zero attached hydrogens (tertiary/aromatic N) is 3. The molecule has 3 aromatic carbocycles. The second-order valence-electron chi connectivity index (χ2n) is 7.20. The van der Waals surface area contributed by atoms with Crippen LogP contribution in [0.3, 0.4) is 0 Å². The highest BCUT2D eigenvalue weighted by atomic mass is 32.2.